The summed E-state index contributed by atoms with van der Waals surface area (Å²) in [4.78, 5) is 25.7. The van der Waals surface area contributed by atoms with Crippen molar-refractivity contribution in [1.82, 2.24) is 30.0 Å². The van der Waals surface area contributed by atoms with Crippen LogP contribution in [0.4, 0.5) is 20.3 Å². The van der Waals surface area contributed by atoms with E-state index in [1.54, 1.807) is 4.68 Å². The molecule has 2 saturated heterocycles. The normalized spacial score (nSPS) is 22.3. The number of carbonyl (C=O) groups excluding carboxylic acids is 1. The Kier molecular flexibility index (Phi) is 9.77. The minimum atomic E-state index is -0.767. The number of alkyl halides is 1. The van der Waals surface area contributed by atoms with Crippen LogP contribution < -0.4 is 20.7 Å². The summed E-state index contributed by atoms with van der Waals surface area (Å²) >= 11 is 18.9. The van der Waals surface area contributed by atoms with Crippen LogP contribution in [-0.4, -0.2) is 76.6 Å². The summed E-state index contributed by atoms with van der Waals surface area (Å²) in [5, 5.41) is 7.07. The summed E-state index contributed by atoms with van der Waals surface area (Å²) in [6, 6.07) is 2.23. The van der Waals surface area contributed by atoms with Gasteiger partial charge in [0.1, 0.15) is 12.0 Å². The van der Waals surface area contributed by atoms with E-state index in [0.29, 0.717) is 66.4 Å². The molecule has 4 aliphatic heterocycles. The number of benzene rings is 1. The number of nitrogens with zero attached hydrogens (tertiary/aromatic N) is 6. The lowest BCUT2D eigenvalue weighted by Gasteiger charge is -2.31. The Morgan fingerprint density at radius 1 is 1.15 bits per heavy atom. The molecule has 16 heteroatoms. The maximum Gasteiger partial charge on any atom is 0.318 e. The molecule has 0 bridgehead atoms. The van der Waals surface area contributed by atoms with E-state index in [2.05, 4.69) is 25.3 Å². The highest BCUT2D eigenvalue weighted by molar-refractivity contribution is 6.42. The Morgan fingerprint density at radius 2 is 1.96 bits per heavy atom. The Hall–Kier alpha value is -2.97. The number of hydrogen-bond acceptors (Lipinski definition) is 9. The highest BCUT2D eigenvalue weighted by Gasteiger charge is 2.35. The number of methoxy groups -OCH3 is 1. The monoisotopic (exact) mass is 698 g/mol. The minimum Gasteiger partial charge on any atom is -0.467 e. The third kappa shape index (κ3) is 6.32. The van der Waals surface area contributed by atoms with Gasteiger partial charge >= 0.3 is 6.01 Å². The van der Waals surface area contributed by atoms with Crippen molar-refractivity contribution >= 4 is 52.2 Å². The number of hydrogen-bond donors (Lipinski definition) is 2. The molecule has 1 aromatic carbocycles. The number of halogens is 5. The van der Waals surface area contributed by atoms with Crippen molar-refractivity contribution in [2.45, 2.75) is 70.1 Å². The number of aryl methyl sites for hydroxylation is 1. The van der Waals surface area contributed by atoms with Gasteiger partial charge < -0.3 is 25.4 Å². The smallest absolute Gasteiger partial charge is 0.318 e. The number of fused-ring (bicyclic) bond motifs is 3. The highest BCUT2D eigenvalue weighted by atomic mass is 35.5. The van der Waals surface area contributed by atoms with Gasteiger partial charge in [0.05, 0.1) is 58.5 Å². The first-order valence-electron chi connectivity index (χ1n) is 15.2. The van der Waals surface area contributed by atoms with Crippen LogP contribution >= 0.6 is 34.8 Å². The molecule has 0 saturated carbocycles. The minimum absolute atomic E-state index is 0.0467. The predicted molar refractivity (Wildman–Crippen MR) is 171 cm³/mol. The summed E-state index contributed by atoms with van der Waals surface area (Å²) in [6.07, 6.45) is 3.32. The fraction of sp³-hybridized carbons (Fsp3) is 0.533. The first kappa shape index (κ1) is 33.0. The van der Waals surface area contributed by atoms with Crippen LogP contribution in [0.25, 0.3) is 0 Å². The Bertz CT molecular complexity index is 1630. The van der Waals surface area contributed by atoms with E-state index >= 15 is 0 Å². The van der Waals surface area contributed by atoms with Crippen LogP contribution in [0.1, 0.15) is 64.8 Å². The molecule has 3 atom stereocenters. The maximum atomic E-state index is 14.1. The Morgan fingerprint density at radius 3 is 2.70 bits per heavy atom. The van der Waals surface area contributed by atoms with Crippen molar-refractivity contribution < 1.29 is 23.0 Å². The lowest BCUT2D eigenvalue weighted by Crippen LogP contribution is -2.28. The first-order valence-corrected chi connectivity index (χ1v) is 16.3. The van der Waals surface area contributed by atoms with Crippen LogP contribution in [0.15, 0.2) is 6.07 Å². The number of aromatic nitrogens is 4. The number of anilines is 2. The highest BCUT2D eigenvalue weighted by Crippen LogP contribution is 2.42. The van der Waals surface area contributed by atoms with Crippen molar-refractivity contribution in [2.75, 3.05) is 44.4 Å². The van der Waals surface area contributed by atoms with E-state index in [9.17, 15) is 13.6 Å². The van der Waals surface area contributed by atoms with Gasteiger partial charge in [0.2, 0.25) is 0 Å². The van der Waals surface area contributed by atoms with Crippen LogP contribution in [0.5, 0.6) is 6.01 Å². The zero-order valence-corrected chi connectivity index (χ0v) is 27.7. The SMILES string of the molecule is CNC(=O)c1nn2c(c1Cl)CN(c1nc(OC)nc3c1COC(c1cc(N)c(F)c(Cl)c1Cl)C3)CCC2.FC1CC2CCCN2C1. The molecule has 3 N–H and O–H groups in total. The van der Waals surface area contributed by atoms with E-state index < -0.39 is 18.1 Å². The molecule has 6 heterocycles. The predicted octanol–water partition coefficient (Wildman–Crippen LogP) is 5.14. The second-order valence-electron chi connectivity index (χ2n) is 11.8. The Labute approximate surface area is 280 Å². The molecule has 1 amide bonds. The molecular weight excluding hydrogens is 665 g/mol. The fourth-order valence-electron chi connectivity index (χ4n) is 6.61. The van der Waals surface area contributed by atoms with Crippen LogP contribution in [0.2, 0.25) is 15.1 Å². The largest absolute Gasteiger partial charge is 0.467 e. The number of rotatable bonds is 4. The molecule has 2 fully saturated rings. The number of carbonyl (C=O) groups is 1. The maximum absolute atomic E-state index is 14.1. The van der Waals surface area contributed by atoms with Crippen LogP contribution in [0.3, 0.4) is 0 Å². The van der Waals surface area contributed by atoms with Crippen molar-refractivity contribution in [2.24, 2.45) is 0 Å². The average Bonchev–Trinajstić information content (AvgIpc) is 3.68. The van der Waals surface area contributed by atoms with E-state index in [-0.39, 0.29) is 40.0 Å². The van der Waals surface area contributed by atoms with Gasteiger partial charge in [-0.3, -0.25) is 14.4 Å². The summed E-state index contributed by atoms with van der Waals surface area (Å²) in [5.41, 5.74) is 8.52. The zero-order chi connectivity index (χ0) is 32.7. The lowest BCUT2D eigenvalue weighted by molar-refractivity contribution is 0.0258. The van der Waals surface area contributed by atoms with Gasteiger partial charge in [-0.25, -0.2) is 8.78 Å². The van der Waals surface area contributed by atoms with Gasteiger partial charge in [-0.1, -0.05) is 34.8 Å². The molecule has 11 nitrogen and oxygen atoms in total. The van der Waals surface area contributed by atoms with Crippen LogP contribution in [0, 0.1) is 5.82 Å². The van der Waals surface area contributed by atoms with E-state index in [0.717, 1.165) is 24.9 Å². The van der Waals surface area contributed by atoms with E-state index in [1.165, 1.54) is 33.1 Å². The van der Waals surface area contributed by atoms with Crippen molar-refractivity contribution in [1.29, 1.82) is 0 Å². The van der Waals surface area contributed by atoms with Crippen molar-refractivity contribution in [3.63, 3.8) is 0 Å². The summed E-state index contributed by atoms with van der Waals surface area (Å²) < 4.78 is 40.0. The van der Waals surface area contributed by atoms with Gasteiger partial charge in [0.25, 0.3) is 5.91 Å². The molecule has 46 heavy (non-hydrogen) atoms. The van der Waals surface area contributed by atoms with Crippen LogP contribution in [-0.2, 0) is 30.9 Å². The number of nitrogen functional groups attached to an aromatic ring is 1. The van der Waals surface area contributed by atoms with Gasteiger partial charge in [-0.05, 0) is 38.3 Å². The van der Waals surface area contributed by atoms with E-state index in [1.807, 2.05) is 4.90 Å². The summed E-state index contributed by atoms with van der Waals surface area (Å²) in [7, 11) is 3.02. The van der Waals surface area contributed by atoms with Gasteiger partial charge in [-0.2, -0.15) is 15.1 Å². The van der Waals surface area contributed by atoms with E-state index in [4.69, 9.17) is 50.0 Å². The molecule has 7 rings (SSSR count). The first-order chi connectivity index (χ1) is 22.1. The molecule has 0 aliphatic carbocycles. The molecule has 0 radical (unpaired) electrons. The number of amides is 1. The molecule has 0 spiro atoms. The van der Waals surface area contributed by atoms with Crippen molar-refractivity contribution in [3.05, 3.63) is 55.2 Å². The molecule has 2 aromatic heterocycles. The second kappa shape index (κ2) is 13.6. The lowest BCUT2D eigenvalue weighted by atomic mass is 9.98. The average molecular weight is 700 g/mol. The quantitative estimate of drug-likeness (QED) is 0.282. The molecule has 4 aliphatic rings. The van der Waals surface area contributed by atoms with Crippen molar-refractivity contribution in [3.8, 4) is 6.01 Å². The number of nitrogens with two attached hydrogens (primary N) is 1. The number of nitrogens with one attached hydrogen (secondary N) is 1. The number of ether oxygens (including phenoxy) is 2. The zero-order valence-electron chi connectivity index (χ0n) is 25.5. The standard InChI is InChI=1S/C23H23Cl3FN7O3.C7H12FN/c1-29-22(35)20-17(25)14-8-33(4-3-5-34(14)32-20)21-11-9-37-15(7-13(11)30-23(31-21)36-2)10-6-12(28)19(27)18(26)16(10)24;8-6-4-7-2-1-3-9(7)5-6/h6,15H,3-5,7-9,28H2,1-2H3,(H,29,35);6-7H,1-5H2. The summed E-state index contributed by atoms with van der Waals surface area (Å²) in [6.45, 7) is 3.64. The molecule has 3 unspecified atom stereocenters. The third-order valence-electron chi connectivity index (χ3n) is 8.92. The third-order valence-corrected chi connectivity index (χ3v) is 10.2. The van der Waals surface area contributed by atoms with Gasteiger partial charge in [0, 0.05) is 50.3 Å². The second-order valence-corrected chi connectivity index (χ2v) is 12.9. The summed E-state index contributed by atoms with van der Waals surface area (Å²) in [5.74, 6) is -0.482. The Balaban J connectivity index is 0.000000352. The van der Waals surface area contributed by atoms with Gasteiger partial charge in [-0.15, -0.1) is 0 Å². The molecule has 3 aromatic rings. The fourth-order valence-corrected chi connectivity index (χ4v) is 7.37. The molecular formula is C30H35Cl3F2N8O3. The molecule has 248 valence electrons. The topological polar surface area (TPSA) is 124 Å². The van der Waals surface area contributed by atoms with Gasteiger partial charge in [0.15, 0.2) is 11.5 Å².